The third-order valence-corrected chi connectivity index (χ3v) is 6.11. The molecule has 0 amide bonds. The first kappa shape index (κ1) is 23.8. The molecule has 2 aliphatic rings. The van der Waals surface area contributed by atoms with E-state index in [1.165, 1.54) is 12.1 Å². The summed E-state index contributed by atoms with van der Waals surface area (Å²) < 4.78 is 24.4. The number of benzene rings is 3. The highest BCUT2D eigenvalue weighted by molar-refractivity contribution is 5.57. The van der Waals surface area contributed by atoms with E-state index in [0.717, 1.165) is 5.56 Å². The summed E-state index contributed by atoms with van der Waals surface area (Å²) in [6.45, 7) is -0.695. The van der Waals surface area contributed by atoms with Crippen molar-refractivity contribution < 1.29 is 44.5 Å². The van der Waals surface area contributed by atoms with Crippen LogP contribution >= 0.6 is 0 Å². The molecule has 36 heavy (non-hydrogen) atoms. The SMILES string of the molecule is OCC=Cc1ccc2c(c1)OC(c1ccc3c(c1)OC(c1ccc(O)c(O)c1)C(CO)O3)C(CO)O2. The van der Waals surface area contributed by atoms with E-state index in [0.29, 0.717) is 34.1 Å². The molecule has 9 heteroatoms. The second-order valence-electron chi connectivity index (χ2n) is 8.50. The summed E-state index contributed by atoms with van der Waals surface area (Å²) in [5, 5.41) is 48.5. The summed E-state index contributed by atoms with van der Waals surface area (Å²) in [7, 11) is 0. The number of phenolic OH excluding ortho intramolecular Hbond substituents is 2. The van der Waals surface area contributed by atoms with Crippen molar-refractivity contribution in [2.45, 2.75) is 24.4 Å². The van der Waals surface area contributed by atoms with Gasteiger partial charge in [0.1, 0.15) is 0 Å². The van der Waals surface area contributed by atoms with Gasteiger partial charge < -0.3 is 44.5 Å². The maximum absolute atomic E-state index is 9.99. The number of ether oxygens (including phenoxy) is 4. The Morgan fingerprint density at radius 1 is 0.611 bits per heavy atom. The van der Waals surface area contributed by atoms with Crippen molar-refractivity contribution >= 4 is 6.08 Å². The van der Waals surface area contributed by atoms with Crippen LogP contribution in [0.1, 0.15) is 28.9 Å². The number of aromatic hydroxyl groups is 2. The zero-order chi connectivity index (χ0) is 25.2. The van der Waals surface area contributed by atoms with E-state index in [4.69, 9.17) is 24.1 Å². The summed E-state index contributed by atoms with van der Waals surface area (Å²) in [5.41, 5.74) is 2.01. The van der Waals surface area contributed by atoms with E-state index in [9.17, 15) is 20.4 Å². The van der Waals surface area contributed by atoms with Crippen LogP contribution < -0.4 is 18.9 Å². The molecule has 5 N–H and O–H groups in total. The van der Waals surface area contributed by atoms with Gasteiger partial charge in [-0.05, 0) is 42.0 Å². The fourth-order valence-corrected chi connectivity index (χ4v) is 4.32. The fraction of sp³-hybridized carbons (Fsp3) is 0.259. The minimum atomic E-state index is -0.747. The predicted molar refractivity (Wildman–Crippen MR) is 129 cm³/mol. The third-order valence-electron chi connectivity index (χ3n) is 6.11. The molecule has 0 bridgehead atoms. The molecule has 4 unspecified atom stereocenters. The number of rotatable bonds is 6. The lowest BCUT2D eigenvalue weighted by Gasteiger charge is -2.36. The van der Waals surface area contributed by atoms with E-state index in [-0.39, 0.29) is 31.3 Å². The maximum atomic E-state index is 9.99. The zero-order valence-electron chi connectivity index (χ0n) is 19.2. The quantitative estimate of drug-likeness (QED) is 0.328. The zero-order valence-corrected chi connectivity index (χ0v) is 19.2. The van der Waals surface area contributed by atoms with Gasteiger partial charge in [-0.2, -0.15) is 0 Å². The average Bonchev–Trinajstić information content (AvgIpc) is 2.91. The largest absolute Gasteiger partial charge is 0.504 e. The molecule has 2 aliphatic heterocycles. The Kier molecular flexibility index (Phi) is 6.60. The lowest BCUT2D eigenvalue weighted by Crippen LogP contribution is -2.37. The number of aliphatic hydroxyl groups excluding tert-OH is 3. The minimum absolute atomic E-state index is 0.0806. The van der Waals surface area contributed by atoms with Gasteiger partial charge in [-0.25, -0.2) is 0 Å². The number of hydrogen-bond acceptors (Lipinski definition) is 9. The second-order valence-corrected chi connectivity index (χ2v) is 8.50. The monoisotopic (exact) mass is 494 g/mol. The first-order valence-corrected chi connectivity index (χ1v) is 11.5. The van der Waals surface area contributed by atoms with Gasteiger partial charge in [0.2, 0.25) is 0 Å². The number of aliphatic hydroxyl groups is 3. The van der Waals surface area contributed by atoms with Crippen molar-refractivity contribution in [1.29, 1.82) is 0 Å². The van der Waals surface area contributed by atoms with Crippen LogP contribution in [0.3, 0.4) is 0 Å². The molecule has 5 rings (SSSR count). The van der Waals surface area contributed by atoms with Gasteiger partial charge in [0.05, 0.1) is 19.8 Å². The molecule has 9 nitrogen and oxygen atoms in total. The number of hydrogen-bond donors (Lipinski definition) is 5. The Labute approximate surface area is 207 Å². The van der Waals surface area contributed by atoms with Crippen molar-refractivity contribution in [2.24, 2.45) is 0 Å². The van der Waals surface area contributed by atoms with Crippen molar-refractivity contribution in [2.75, 3.05) is 19.8 Å². The summed E-state index contributed by atoms with van der Waals surface area (Å²) in [5.74, 6) is 1.24. The number of phenols is 2. The van der Waals surface area contributed by atoms with E-state index in [1.807, 2.05) is 6.07 Å². The van der Waals surface area contributed by atoms with Gasteiger partial charge in [-0.3, -0.25) is 0 Å². The summed E-state index contributed by atoms with van der Waals surface area (Å²) in [6.07, 6.45) is 0.574. The molecule has 0 spiro atoms. The lowest BCUT2D eigenvalue weighted by atomic mass is 10.00. The van der Waals surface area contributed by atoms with Gasteiger partial charge in [0.25, 0.3) is 0 Å². The molecule has 0 fully saturated rings. The van der Waals surface area contributed by atoms with E-state index >= 15 is 0 Å². The van der Waals surface area contributed by atoms with Gasteiger partial charge in [-0.15, -0.1) is 0 Å². The molecule has 0 saturated heterocycles. The second kappa shape index (κ2) is 9.98. The summed E-state index contributed by atoms with van der Waals surface area (Å²) >= 11 is 0. The van der Waals surface area contributed by atoms with Crippen LogP contribution in [0.5, 0.6) is 34.5 Å². The molecule has 188 valence electrons. The smallest absolute Gasteiger partial charge is 0.163 e. The highest BCUT2D eigenvalue weighted by Gasteiger charge is 2.36. The van der Waals surface area contributed by atoms with E-state index in [2.05, 4.69) is 0 Å². The summed E-state index contributed by atoms with van der Waals surface area (Å²) in [6, 6.07) is 14.9. The normalized spacial score (nSPS) is 22.5. The van der Waals surface area contributed by atoms with Crippen molar-refractivity contribution in [3.63, 3.8) is 0 Å². The van der Waals surface area contributed by atoms with Crippen LogP contribution in [0.2, 0.25) is 0 Å². The van der Waals surface area contributed by atoms with Crippen LogP contribution in [0.4, 0.5) is 0 Å². The molecule has 0 aliphatic carbocycles. The molecule has 0 radical (unpaired) electrons. The molecule has 4 atom stereocenters. The van der Waals surface area contributed by atoms with Crippen LogP contribution in [0.15, 0.2) is 60.7 Å². The highest BCUT2D eigenvalue weighted by Crippen LogP contribution is 2.45. The molecule has 0 aromatic heterocycles. The first-order valence-electron chi connectivity index (χ1n) is 11.5. The topological polar surface area (TPSA) is 138 Å². The highest BCUT2D eigenvalue weighted by atomic mass is 16.6. The first-order chi connectivity index (χ1) is 17.5. The van der Waals surface area contributed by atoms with E-state index in [1.54, 1.807) is 48.6 Å². The van der Waals surface area contributed by atoms with E-state index < -0.39 is 24.4 Å². The number of fused-ring (bicyclic) bond motifs is 2. The Balaban J connectivity index is 1.45. The molecular formula is C27H26O9. The van der Waals surface area contributed by atoms with Gasteiger partial charge in [-0.1, -0.05) is 30.4 Å². The Morgan fingerprint density at radius 2 is 1.19 bits per heavy atom. The predicted octanol–water partition coefficient (Wildman–Crippen LogP) is 2.85. The van der Waals surface area contributed by atoms with Crippen LogP contribution in [0, 0.1) is 0 Å². The van der Waals surface area contributed by atoms with Crippen molar-refractivity contribution in [3.8, 4) is 34.5 Å². The molecular weight excluding hydrogens is 468 g/mol. The van der Waals surface area contributed by atoms with Crippen LogP contribution in [-0.2, 0) is 0 Å². The molecule has 2 heterocycles. The standard InChI is InChI=1S/C27H26O9/c28-9-1-2-15-3-7-20-22(10-15)35-27(25(14-30)33-20)17-5-8-21-23(12-17)36-26(24(13-29)34-21)16-4-6-18(31)19(32)11-16/h1-8,10-12,24-32H,9,13-14H2. The Hall–Kier alpha value is -3.92. The average molecular weight is 494 g/mol. The lowest BCUT2D eigenvalue weighted by molar-refractivity contribution is -0.0173. The Bertz CT molecular complexity index is 1270. The Morgan fingerprint density at radius 3 is 1.81 bits per heavy atom. The van der Waals surface area contributed by atoms with Gasteiger partial charge in [0, 0.05) is 11.1 Å². The maximum Gasteiger partial charge on any atom is 0.163 e. The minimum Gasteiger partial charge on any atom is -0.504 e. The van der Waals surface area contributed by atoms with Crippen LogP contribution in [0.25, 0.3) is 6.08 Å². The fourth-order valence-electron chi connectivity index (χ4n) is 4.32. The molecule has 3 aromatic rings. The molecule has 3 aromatic carbocycles. The van der Waals surface area contributed by atoms with Gasteiger partial charge in [0.15, 0.2) is 58.9 Å². The van der Waals surface area contributed by atoms with Gasteiger partial charge >= 0.3 is 0 Å². The summed E-state index contributed by atoms with van der Waals surface area (Å²) in [4.78, 5) is 0. The van der Waals surface area contributed by atoms with Crippen LogP contribution in [-0.4, -0.2) is 57.6 Å². The van der Waals surface area contributed by atoms with Crippen molar-refractivity contribution in [1.82, 2.24) is 0 Å². The molecule has 0 saturated carbocycles. The van der Waals surface area contributed by atoms with Crippen molar-refractivity contribution in [3.05, 3.63) is 77.4 Å². The third kappa shape index (κ3) is 4.51.